The number of ether oxygens (including phenoxy) is 1. The van der Waals surface area contributed by atoms with Crippen LogP contribution in [0.4, 0.5) is 5.13 Å². The van der Waals surface area contributed by atoms with Crippen LogP contribution in [0, 0.1) is 13.8 Å². The number of amides is 1. The maximum atomic E-state index is 12.3. The van der Waals surface area contributed by atoms with Gasteiger partial charge in [-0.3, -0.25) is 9.78 Å². The molecule has 1 aliphatic carbocycles. The zero-order chi connectivity index (χ0) is 23.7. The normalized spacial score (nSPS) is 12.7. The lowest BCUT2D eigenvalue weighted by Crippen LogP contribution is -2.13. The average molecular weight is 474 g/mol. The van der Waals surface area contributed by atoms with Crippen molar-refractivity contribution >= 4 is 22.4 Å². The molecular weight excluding hydrogens is 446 g/mol. The molecule has 0 aliphatic heterocycles. The number of para-hydroxylation sites is 1. The van der Waals surface area contributed by atoms with Gasteiger partial charge < -0.3 is 10.1 Å². The van der Waals surface area contributed by atoms with E-state index in [0.717, 1.165) is 63.7 Å². The minimum absolute atomic E-state index is 0.0928. The Kier molecular flexibility index (Phi) is 6.26. The van der Waals surface area contributed by atoms with Crippen LogP contribution in [-0.4, -0.2) is 39.4 Å². The topological polar surface area (TPSA) is 81.9 Å². The molecule has 1 aromatic carbocycles. The van der Waals surface area contributed by atoms with Crippen molar-refractivity contribution in [1.82, 2.24) is 19.7 Å². The molecule has 0 fully saturated rings. The van der Waals surface area contributed by atoms with Gasteiger partial charge in [-0.1, -0.05) is 29.5 Å². The minimum atomic E-state index is -0.0928. The third-order valence-corrected chi connectivity index (χ3v) is 7.06. The number of nitrogens with one attached hydrogen (secondary N) is 1. The second-order valence-corrected chi connectivity index (χ2v) is 9.50. The predicted octanol–water partition coefficient (Wildman–Crippen LogP) is 5.14. The Labute approximate surface area is 202 Å². The van der Waals surface area contributed by atoms with Crippen molar-refractivity contribution < 1.29 is 9.53 Å². The molecule has 4 aromatic rings. The van der Waals surface area contributed by atoms with Gasteiger partial charge in [0.05, 0.1) is 40.7 Å². The van der Waals surface area contributed by atoms with E-state index in [4.69, 9.17) is 14.8 Å². The number of rotatable bonds is 6. The highest BCUT2D eigenvalue weighted by Crippen LogP contribution is 2.43. The summed E-state index contributed by atoms with van der Waals surface area (Å²) in [5.74, 6) is -0.0928. The fourth-order valence-corrected chi connectivity index (χ4v) is 5.39. The first-order valence-corrected chi connectivity index (χ1v) is 12.3. The summed E-state index contributed by atoms with van der Waals surface area (Å²) in [5, 5.41) is 8.70. The first kappa shape index (κ1) is 22.4. The van der Waals surface area contributed by atoms with E-state index in [1.54, 1.807) is 7.11 Å². The van der Waals surface area contributed by atoms with Gasteiger partial charge in [-0.15, -0.1) is 0 Å². The van der Waals surface area contributed by atoms with Crippen molar-refractivity contribution in [2.75, 3.05) is 19.0 Å². The van der Waals surface area contributed by atoms with Crippen LogP contribution in [0.25, 0.3) is 27.5 Å². The second kappa shape index (κ2) is 9.48. The number of fused-ring (bicyclic) bond motifs is 3. The van der Waals surface area contributed by atoms with E-state index in [1.165, 1.54) is 16.9 Å². The molecule has 0 unspecified atom stereocenters. The first-order valence-electron chi connectivity index (χ1n) is 11.4. The number of methoxy groups -OCH3 is 1. The molecule has 0 radical (unpaired) electrons. The van der Waals surface area contributed by atoms with Crippen molar-refractivity contribution in [2.45, 2.75) is 39.5 Å². The van der Waals surface area contributed by atoms with Gasteiger partial charge in [-0.05, 0) is 56.9 Å². The summed E-state index contributed by atoms with van der Waals surface area (Å²) in [7, 11) is 1.59. The first-order chi connectivity index (χ1) is 16.5. The quantitative estimate of drug-likeness (QED) is 0.419. The maximum absolute atomic E-state index is 12.3. The monoisotopic (exact) mass is 473 g/mol. The van der Waals surface area contributed by atoms with Crippen LogP contribution in [0.3, 0.4) is 0 Å². The van der Waals surface area contributed by atoms with Gasteiger partial charge in [0.1, 0.15) is 0 Å². The highest BCUT2D eigenvalue weighted by molar-refractivity contribution is 7.19. The van der Waals surface area contributed by atoms with Crippen molar-refractivity contribution in [1.29, 1.82) is 0 Å². The number of benzene rings is 1. The van der Waals surface area contributed by atoms with E-state index in [2.05, 4.69) is 40.1 Å². The zero-order valence-electron chi connectivity index (χ0n) is 19.6. The molecule has 34 heavy (non-hydrogen) atoms. The Balaban J connectivity index is 1.67. The molecule has 1 N–H and O–H groups in total. The number of hydrogen-bond donors (Lipinski definition) is 1. The molecular formula is C26H27N5O2S. The van der Waals surface area contributed by atoms with Gasteiger partial charge in [-0.25, -0.2) is 9.67 Å². The Morgan fingerprint density at radius 2 is 2.03 bits per heavy atom. The molecule has 1 amide bonds. The Hall–Kier alpha value is -3.36. The fourth-order valence-electron chi connectivity index (χ4n) is 4.30. The highest BCUT2D eigenvalue weighted by atomic mass is 32.1. The van der Waals surface area contributed by atoms with Crippen LogP contribution in [-0.2, 0) is 22.4 Å². The lowest BCUT2D eigenvalue weighted by atomic mass is 10.0. The minimum Gasteiger partial charge on any atom is -0.384 e. The smallest absolute Gasteiger partial charge is 0.228 e. The number of hydrogen-bond acceptors (Lipinski definition) is 6. The molecule has 0 spiro atoms. The average Bonchev–Trinajstić information content (AvgIpc) is 3.35. The third kappa shape index (κ3) is 4.26. The van der Waals surface area contributed by atoms with Crippen LogP contribution in [0.15, 0.2) is 42.6 Å². The van der Waals surface area contributed by atoms with Crippen molar-refractivity contribution in [3.8, 4) is 27.5 Å². The van der Waals surface area contributed by atoms with Gasteiger partial charge in [0.15, 0.2) is 5.13 Å². The number of carbonyl (C=O) groups excluding carboxylic acids is 1. The number of carbonyl (C=O) groups is 1. The molecule has 5 rings (SSSR count). The largest absolute Gasteiger partial charge is 0.384 e. The predicted molar refractivity (Wildman–Crippen MR) is 135 cm³/mol. The number of pyridine rings is 1. The third-order valence-electron chi connectivity index (χ3n) is 6.04. The number of thiazole rings is 1. The van der Waals surface area contributed by atoms with Crippen LogP contribution >= 0.6 is 11.3 Å². The lowest BCUT2D eigenvalue weighted by molar-refractivity contribution is -0.117. The van der Waals surface area contributed by atoms with E-state index >= 15 is 0 Å². The van der Waals surface area contributed by atoms with Crippen molar-refractivity contribution in [3.05, 3.63) is 65.1 Å². The highest BCUT2D eigenvalue weighted by Gasteiger charge is 2.29. The summed E-state index contributed by atoms with van der Waals surface area (Å²) >= 11 is 1.52. The molecule has 0 saturated heterocycles. The molecule has 0 saturated carbocycles. The summed E-state index contributed by atoms with van der Waals surface area (Å²) in [6.07, 6.45) is 4.93. The van der Waals surface area contributed by atoms with Crippen molar-refractivity contribution in [3.63, 3.8) is 0 Å². The van der Waals surface area contributed by atoms with Gasteiger partial charge in [-0.2, -0.15) is 5.10 Å². The van der Waals surface area contributed by atoms with Crippen LogP contribution in [0.1, 0.15) is 35.4 Å². The second-order valence-electron chi connectivity index (χ2n) is 8.50. The van der Waals surface area contributed by atoms with E-state index in [-0.39, 0.29) is 5.91 Å². The van der Waals surface area contributed by atoms with Crippen LogP contribution in [0.5, 0.6) is 0 Å². The van der Waals surface area contributed by atoms with Crippen LogP contribution < -0.4 is 5.32 Å². The zero-order valence-corrected chi connectivity index (χ0v) is 20.4. The molecule has 0 bridgehead atoms. The van der Waals surface area contributed by atoms with E-state index in [9.17, 15) is 4.79 Å². The van der Waals surface area contributed by atoms with Gasteiger partial charge in [0.2, 0.25) is 5.91 Å². The van der Waals surface area contributed by atoms with Crippen molar-refractivity contribution in [2.24, 2.45) is 0 Å². The summed E-state index contributed by atoms with van der Waals surface area (Å²) in [6.45, 7) is 4.47. The summed E-state index contributed by atoms with van der Waals surface area (Å²) in [6, 6.07) is 12.4. The molecule has 0 atom stereocenters. The summed E-state index contributed by atoms with van der Waals surface area (Å²) in [4.78, 5) is 22.7. The SMILES string of the molecule is COCCC(=O)Nc1nc2c(s1)-c1c(c(-c3ccc(C)nc3)nn1-c1ccccc1C)CCC2. The van der Waals surface area contributed by atoms with Gasteiger partial charge in [0.25, 0.3) is 0 Å². The Morgan fingerprint density at radius 1 is 1.18 bits per heavy atom. The Morgan fingerprint density at radius 3 is 2.79 bits per heavy atom. The van der Waals surface area contributed by atoms with E-state index < -0.39 is 0 Å². The molecule has 3 aromatic heterocycles. The van der Waals surface area contributed by atoms with E-state index in [1.807, 2.05) is 31.3 Å². The molecule has 7 nitrogen and oxygen atoms in total. The number of aromatic nitrogens is 4. The van der Waals surface area contributed by atoms with Gasteiger partial charge >= 0.3 is 0 Å². The summed E-state index contributed by atoms with van der Waals surface area (Å²) < 4.78 is 7.08. The van der Waals surface area contributed by atoms with E-state index in [0.29, 0.717) is 18.2 Å². The maximum Gasteiger partial charge on any atom is 0.228 e. The molecule has 174 valence electrons. The van der Waals surface area contributed by atoms with Crippen LogP contribution in [0.2, 0.25) is 0 Å². The van der Waals surface area contributed by atoms with Gasteiger partial charge in [0, 0.05) is 30.1 Å². The lowest BCUT2D eigenvalue weighted by Gasteiger charge is -2.10. The number of anilines is 1. The Bertz CT molecular complexity index is 1340. The molecule has 8 heteroatoms. The number of aryl methyl sites for hydroxylation is 3. The standard InChI is InChI=1S/C26H27N5O2S/c1-16-7-4-5-10-21(16)31-24-19(23(30-31)18-12-11-17(2)27-15-18)8-6-9-20-25(24)34-26(28-20)29-22(32)13-14-33-3/h4-5,7,10-12,15H,6,8-9,13-14H2,1-3H3,(H,28,29,32). The summed E-state index contributed by atoms with van der Waals surface area (Å²) in [5.41, 5.74) is 8.40. The molecule has 3 heterocycles. The number of nitrogens with zero attached hydrogens (tertiary/aromatic N) is 4. The fraction of sp³-hybridized carbons (Fsp3) is 0.308. The molecule has 1 aliphatic rings.